The lowest BCUT2D eigenvalue weighted by Crippen LogP contribution is -2.39. The molecule has 0 heterocycles. The van der Waals surface area contributed by atoms with Gasteiger partial charge in [-0.15, -0.1) is 0 Å². The quantitative estimate of drug-likeness (QED) is 0.832. The summed E-state index contributed by atoms with van der Waals surface area (Å²) in [4.78, 5) is 12.2. The Bertz CT molecular complexity index is 455. The number of benzene rings is 1. The summed E-state index contributed by atoms with van der Waals surface area (Å²) in [5, 5.41) is 3.09. The average molecular weight is 325 g/mol. The van der Waals surface area contributed by atoms with E-state index in [9.17, 15) is 4.79 Å². The SMILES string of the molecule is CC(NC(=O)c1ccc(Br)cc1N)C1CCCCC1. The number of nitrogen functional groups attached to an aromatic ring is 1. The minimum Gasteiger partial charge on any atom is -0.398 e. The largest absolute Gasteiger partial charge is 0.398 e. The van der Waals surface area contributed by atoms with Gasteiger partial charge in [0, 0.05) is 16.2 Å². The Morgan fingerprint density at radius 1 is 1.37 bits per heavy atom. The molecular formula is C15H21BrN2O. The average Bonchev–Trinajstić information content (AvgIpc) is 2.39. The van der Waals surface area contributed by atoms with Crippen molar-refractivity contribution in [1.29, 1.82) is 0 Å². The molecule has 1 aliphatic carbocycles. The van der Waals surface area contributed by atoms with Crippen LogP contribution in [-0.2, 0) is 0 Å². The van der Waals surface area contributed by atoms with E-state index in [-0.39, 0.29) is 11.9 Å². The molecule has 0 saturated heterocycles. The summed E-state index contributed by atoms with van der Waals surface area (Å²) < 4.78 is 0.891. The van der Waals surface area contributed by atoms with Gasteiger partial charge in [0.25, 0.3) is 5.91 Å². The van der Waals surface area contributed by atoms with Gasteiger partial charge in [0.15, 0.2) is 0 Å². The van der Waals surface area contributed by atoms with Crippen LogP contribution in [0.5, 0.6) is 0 Å². The van der Waals surface area contributed by atoms with E-state index in [1.807, 2.05) is 6.07 Å². The van der Waals surface area contributed by atoms with Crippen molar-refractivity contribution >= 4 is 27.5 Å². The molecule has 0 aliphatic heterocycles. The molecule has 0 aromatic heterocycles. The normalized spacial score (nSPS) is 18.0. The van der Waals surface area contributed by atoms with Gasteiger partial charge in [-0.3, -0.25) is 4.79 Å². The second kappa shape index (κ2) is 6.42. The van der Waals surface area contributed by atoms with Crippen molar-refractivity contribution in [2.24, 2.45) is 5.92 Å². The van der Waals surface area contributed by atoms with Crippen LogP contribution in [0.15, 0.2) is 22.7 Å². The molecule has 104 valence electrons. The maximum absolute atomic E-state index is 12.2. The fourth-order valence-corrected chi connectivity index (χ4v) is 3.16. The van der Waals surface area contributed by atoms with Crippen molar-refractivity contribution in [3.05, 3.63) is 28.2 Å². The number of amides is 1. The van der Waals surface area contributed by atoms with Crippen molar-refractivity contribution in [3.8, 4) is 0 Å². The van der Waals surface area contributed by atoms with Crippen LogP contribution in [0.2, 0.25) is 0 Å². The molecule has 1 aromatic carbocycles. The van der Waals surface area contributed by atoms with E-state index in [1.54, 1.807) is 12.1 Å². The summed E-state index contributed by atoms with van der Waals surface area (Å²) in [6.45, 7) is 2.10. The summed E-state index contributed by atoms with van der Waals surface area (Å²) in [5.41, 5.74) is 6.96. The van der Waals surface area contributed by atoms with Crippen molar-refractivity contribution in [3.63, 3.8) is 0 Å². The molecule has 0 radical (unpaired) electrons. The molecule has 1 amide bonds. The van der Waals surface area contributed by atoms with Crippen molar-refractivity contribution in [1.82, 2.24) is 5.32 Å². The first-order valence-corrected chi connectivity index (χ1v) is 7.73. The maximum Gasteiger partial charge on any atom is 0.253 e. The van der Waals surface area contributed by atoms with Crippen molar-refractivity contribution in [2.45, 2.75) is 45.1 Å². The lowest BCUT2D eigenvalue weighted by atomic mass is 9.84. The number of carbonyl (C=O) groups excluding carboxylic acids is 1. The molecule has 1 aromatic rings. The molecule has 2 rings (SSSR count). The Morgan fingerprint density at radius 3 is 2.68 bits per heavy atom. The fraction of sp³-hybridized carbons (Fsp3) is 0.533. The Morgan fingerprint density at radius 2 is 2.05 bits per heavy atom. The number of hydrogen-bond acceptors (Lipinski definition) is 2. The highest BCUT2D eigenvalue weighted by molar-refractivity contribution is 9.10. The van der Waals surface area contributed by atoms with E-state index in [2.05, 4.69) is 28.2 Å². The zero-order valence-electron chi connectivity index (χ0n) is 11.3. The summed E-state index contributed by atoms with van der Waals surface area (Å²) in [6, 6.07) is 5.59. The molecule has 3 nitrogen and oxygen atoms in total. The van der Waals surface area contributed by atoms with Crippen LogP contribution in [0, 0.1) is 5.92 Å². The van der Waals surface area contributed by atoms with Gasteiger partial charge in [-0.05, 0) is 43.9 Å². The number of nitrogens with two attached hydrogens (primary N) is 1. The minimum absolute atomic E-state index is 0.0666. The minimum atomic E-state index is -0.0666. The lowest BCUT2D eigenvalue weighted by Gasteiger charge is -2.28. The van der Waals surface area contributed by atoms with E-state index in [1.165, 1.54) is 32.1 Å². The van der Waals surface area contributed by atoms with E-state index in [0.717, 1.165) is 4.47 Å². The molecule has 0 bridgehead atoms. The molecular weight excluding hydrogens is 304 g/mol. The first kappa shape index (κ1) is 14.4. The standard InChI is InChI=1S/C15H21BrN2O/c1-10(11-5-3-2-4-6-11)18-15(19)13-8-7-12(16)9-14(13)17/h7-11H,2-6,17H2,1H3,(H,18,19). The number of anilines is 1. The van der Waals surface area contributed by atoms with E-state index >= 15 is 0 Å². The molecule has 1 aliphatic rings. The Hall–Kier alpha value is -1.03. The maximum atomic E-state index is 12.2. The van der Waals surface area contributed by atoms with Crippen molar-refractivity contribution in [2.75, 3.05) is 5.73 Å². The predicted octanol–water partition coefficient (Wildman–Crippen LogP) is 3.73. The zero-order valence-corrected chi connectivity index (χ0v) is 12.9. The summed E-state index contributed by atoms with van der Waals surface area (Å²) >= 11 is 3.35. The van der Waals surface area contributed by atoms with Gasteiger partial charge >= 0.3 is 0 Å². The highest BCUT2D eigenvalue weighted by Crippen LogP contribution is 2.26. The van der Waals surface area contributed by atoms with Crippen LogP contribution < -0.4 is 11.1 Å². The highest BCUT2D eigenvalue weighted by atomic mass is 79.9. The van der Waals surface area contributed by atoms with E-state index in [0.29, 0.717) is 17.2 Å². The number of nitrogens with one attached hydrogen (secondary N) is 1. The topological polar surface area (TPSA) is 55.1 Å². The third-order valence-electron chi connectivity index (χ3n) is 3.97. The molecule has 4 heteroatoms. The van der Waals surface area contributed by atoms with Crippen molar-refractivity contribution < 1.29 is 4.79 Å². The Balaban J connectivity index is 1.99. The lowest BCUT2D eigenvalue weighted by molar-refractivity contribution is 0.0920. The van der Waals surface area contributed by atoms with Gasteiger partial charge in [-0.25, -0.2) is 0 Å². The number of carbonyl (C=O) groups is 1. The molecule has 1 saturated carbocycles. The molecule has 1 unspecified atom stereocenters. The molecule has 1 fully saturated rings. The molecule has 0 spiro atoms. The van der Waals surface area contributed by atoms with Gasteiger partial charge in [0.2, 0.25) is 0 Å². The van der Waals surface area contributed by atoms with Crippen LogP contribution in [0.1, 0.15) is 49.4 Å². The van der Waals surface area contributed by atoms with Crippen LogP contribution >= 0.6 is 15.9 Å². The Labute approximate surface area is 123 Å². The first-order valence-electron chi connectivity index (χ1n) is 6.94. The second-order valence-corrected chi connectivity index (χ2v) is 6.31. The van der Waals surface area contributed by atoms with Gasteiger partial charge in [-0.1, -0.05) is 35.2 Å². The van der Waals surface area contributed by atoms with Gasteiger partial charge in [0.1, 0.15) is 0 Å². The number of hydrogen-bond donors (Lipinski definition) is 2. The van der Waals surface area contributed by atoms with Crippen LogP contribution in [-0.4, -0.2) is 11.9 Å². The summed E-state index contributed by atoms with van der Waals surface area (Å²) in [7, 11) is 0. The van der Waals surface area contributed by atoms with E-state index < -0.39 is 0 Å². The predicted molar refractivity (Wildman–Crippen MR) is 82.1 cm³/mol. The monoisotopic (exact) mass is 324 g/mol. The molecule has 3 N–H and O–H groups in total. The molecule has 19 heavy (non-hydrogen) atoms. The van der Waals surface area contributed by atoms with Crippen LogP contribution in [0.3, 0.4) is 0 Å². The smallest absolute Gasteiger partial charge is 0.253 e. The third kappa shape index (κ3) is 3.72. The summed E-state index contributed by atoms with van der Waals surface area (Å²) in [6.07, 6.45) is 6.34. The number of halogens is 1. The van der Waals surface area contributed by atoms with Gasteiger partial charge in [0.05, 0.1) is 5.56 Å². The fourth-order valence-electron chi connectivity index (χ4n) is 2.78. The third-order valence-corrected chi connectivity index (χ3v) is 4.47. The first-order chi connectivity index (χ1) is 9.08. The van der Waals surface area contributed by atoms with Crippen LogP contribution in [0.25, 0.3) is 0 Å². The van der Waals surface area contributed by atoms with E-state index in [4.69, 9.17) is 5.73 Å². The van der Waals surface area contributed by atoms with Crippen LogP contribution in [0.4, 0.5) is 5.69 Å². The Kier molecular flexibility index (Phi) is 4.86. The molecule has 1 atom stereocenters. The van der Waals surface area contributed by atoms with Gasteiger partial charge in [-0.2, -0.15) is 0 Å². The summed E-state index contributed by atoms with van der Waals surface area (Å²) in [5.74, 6) is 0.539. The van der Waals surface area contributed by atoms with Gasteiger partial charge < -0.3 is 11.1 Å². The second-order valence-electron chi connectivity index (χ2n) is 5.39. The number of rotatable bonds is 3. The zero-order chi connectivity index (χ0) is 13.8. The highest BCUT2D eigenvalue weighted by Gasteiger charge is 2.22.